The minimum atomic E-state index is -1.02. The summed E-state index contributed by atoms with van der Waals surface area (Å²) in [6.45, 7) is -0.488. The molecular weight excluding hydrogens is 142 g/mol. The number of carboxylic acid groups (broad SMARTS) is 2. The summed E-state index contributed by atoms with van der Waals surface area (Å²) in [5.41, 5.74) is 0. The van der Waals surface area contributed by atoms with Gasteiger partial charge in [-0.3, -0.25) is 14.5 Å². The Labute approximate surface area is 57.9 Å². The Kier molecular flexibility index (Phi) is 3.42. The predicted molar refractivity (Wildman–Crippen MR) is 32.8 cm³/mol. The molecule has 10 heavy (non-hydrogen) atoms. The molecule has 0 spiro atoms. The molecule has 0 aliphatic carbocycles. The van der Waals surface area contributed by atoms with Gasteiger partial charge in [-0.25, -0.2) is 0 Å². The topological polar surface area (TPSA) is 77.8 Å². The summed E-state index contributed by atoms with van der Waals surface area (Å²) < 4.78 is 0. The molecule has 0 fully saturated rings. The number of hydrogen-bond acceptors (Lipinski definition) is 3. The van der Waals surface area contributed by atoms with Crippen LogP contribution in [0.1, 0.15) is 0 Å². The van der Waals surface area contributed by atoms with Crippen LogP contribution in [0.2, 0.25) is 0 Å². The Bertz CT molecular complexity index is 129. The fraction of sp³-hybridized carbons (Fsp3) is 0.600. The van der Waals surface area contributed by atoms with Crippen LogP contribution in [0.5, 0.6) is 0 Å². The van der Waals surface area contributed by atoms with Gasteiger partial charge in [-0.15, -0.1) is 0 Å². The molecule has 0 aromatic rings. The lowest BCUT2D eigenvalue weighted by Gasteiger charge is -2.08. The number of carbonyl (C=O) groups is 2. The summed E-state index contributed by atoms with van der Waals surface area (Å²) >= 11 is 0. The quantitative estimate of drug-likeness (QED) is 0.508. The molecule has 0 amide bonds. The highest BCUT2D eigenvalue weighted by Crippen LogP contribution is 1.80. The number of carboxylic acids is 2. The summed E-state index contributed by atoms with van der Waals surface area (Å²) in [4.78, 5) is 21.1. The molecule has 0 saturated carbocycles. The number of hydrogen-bond donors (Lipinski definition) is 2. The molecule has 58 valence electrons. The van der Waals surface area contributed by atoms with Gasteiger partial charge in [0.05, 0.1) is 13.1 Å². The zero-order valence-corrected chi connectivity index (χ0v) is 5.57. The fourth-order valence-electron chi connectivity index (χ4n) is 0.518. The van der Waals surface area contributed by atoms with Crippen LogP contribution in [0.25, 0.3) is 0 Å². The van der Waals surface area contributed by atoms with E-state index in [-0.39, 0.29) is 13.1 Å². The van der Waals surface area contributed by atoms with Crippen LogP contribution in [0.4, 0.5) is 0 Å². The van der Waals surface area contributed by atoms with Crippen LogP contribution in [0.15, 0.2) is 0 Å². The molecule has 0 heterocycles. The molecular formula is C5H9NO4. The standard InChI is InChI=1S/C5H9NO4/c1-6(2-4(7)8)3-5(9)10/h2-3H2,1H3,(H,7,8)(H,9,10)/i2+1,3+1,4+1,5+1. The zero-order chi connectivity index (χ0) is 8.15. The van der Waals surface area contributed by atoms with Crippen LogP contribution in [-0.2, 0) is 9.59 Å². The third-order valence-corrected chi connectivity index (χ3v) is 0.810. The summed E-state index contributed by atoms with van der Waals surface area (Å²) in [5, 5.41) is 16.3. The average Bonchev–Trinajstić information content (AvgIpc) is 1.58. The van der Waals surface area contributed by atoms with Gasteiger partial charge in [-0.05, 0) is 7.05 Å². The van der Waals surface area contributed by atoms with Gasteiger partial charge in [0, 0.05) is 0 Å². The van der Waals surface area contributed by atoms with Crippen molar-refractivity contribution in [2.75, 3.05) is 20.1 Å². The zero-order valence-electron chi connectivity index (χ0n) is 5.57. The van der Waals surface area contributed by atoms with E-state index < -0.39 is 11.9 Å². The maximum atomic E-state index is 9.96. The Morgan fingerprint density at radius 3 is 1.70 bits per heavy atom. The highest BCUT2D eigenvalue weighted by Gasteiger charge is 2.06. The van der Waals surface area contributed by atoms with E-state index in [2.05, 4.69) is 0 Å². The summed E-state index contributed by atoms with van der Waals surface area (Å²) in [5.74, 6) is -2.05. The van der Waals surface area contributed by atoms with Crippen LogP contribution < -0.4 is 0 Å². The monoisotopic (exact) mass is 151 g/mol. The van der Waals surface area contributed by atoms with E-state index in [4.69, 9.17) is 10.2 Å². The minimum Gasteiger partial charge on any atom is -0.480 e. The molecule has 2 N–H and O–H groups in total. The van der Waals surface area contributed by atoms with Gasteiger partial charge < -0.3 is 10.2 Å². The first-order valence-corrected chi connectivity index (χ1v) is 2.64. The second-order valence-corrected chi connectivity index (χ2v) is 1.96. The number of rotatable bonds is 4. The Hall–Kier alpha value is -1.10. The predicted octanol–water partition coefficient (Wildman–Crippen LogP) is -0.913. The molecule has 0 unspecified atom stereocenters. The van der Waals surface area contributed by atoms with E-state index in [0.717, 1.165) is 0 Å². The SMILES string of the molecule is CN([13CH2][13C](=O)O)[13CH2][13C](=O)O. The first-order valence-electron chi connectivity index (χ1n) is 2.64. The first-order chi connectivity index (χ1) is 4.52. The maximum absolute atomic E-state index is 9.96. The van der Waals surface area contributed by atoms with Crippen molar-refractivity contribution in [2.45, 2.75) is 0 Å². The number of nitrogens with zero attached hydrogens (tertiary/aromatic N) is 1. The van der Waals surface area contributed by atoms with Gasteiger partial charge in [0.15, 0.2) is 0 Å². The third kappa shape index (κ3) is 5.04. The molecule has 0 aromatic carbocycles. The summed E-state index contributed by atoms with van der Waals surface area (Å²) in [7, 11) is 1.43. The lowest BCUT2D eigenvalue weighted by atomic mass is 11.2. The minimum absolute atomic E-state index is 0.244. The highest BCUT2D eigenvalue weighted by molar-refractivity contribution is 5.72. The molecule has 0 saturated heterocycles. The average molecular weight is 151 g/mol. The van der Waals surface area contributed by atoms with Crippen molar-refractivity contribution >= 4 is 11.9 Å². The van der Waals surface area contributed by atoms with E-state index >= 15 is 0 Å². The normalized spacial score (nSPS) is 9.80. The third-order valence-electron chi connectivity index (χ3n) is 0.810. The summed E-state index contributed by atoms with van der Waals surface area (Å²) in [6, 6.07) is 0. The largest absolute Gasteiger partial charge is 0.480 e. The van der Waals surface area contributed by atoms with Crippen LogP contribution in [0, 0.1) is 0 Å². The van der Waals surface area contributed by atoms with E-state index in [1.807, 2.05) is 0 Å². The fourth-order valence-corrected chi connectivity index (χ4v) is 0.518. The molecule has 0 aliphatic rings. The molecule has 0 rings (SSSR count). The molecule has 5 nitrogen and oxygen atoms in total. The molecule has 0 radical (unpaired) electrons. The van der Waals surface area contributed by atoms with E-state index in [0.29, 0.717) is 0 Å². The molecule has 5 heteroatoms. The van der Waals surface area contributed by atoms with Gasteiger partial charge in [0.25, 0.3) is 0 Å². The molecule has 0 bridgehead atoms. The smallest absolute Gasteiger partial charge is 0.317 e. The highest BCUT2D eigenvalue weighted by atomic mass is 16.5. The molecule has 0 atom stereocenters. The van der Waals surface area contributed by atoms with Crippen molar-refractivity contribution in [3.8, 4) is 0 Å². The van der Waals surface area contributed by atoms with Gasteiger partial charge in [0.1, 0.15) is 0 Å². The van der Waals surface area contributed by atoms with Gasteiger partial charge in [0.2, 0.25) is 0 Å². The summed E-state index contributed by atoms with van der Waals surface area (Å²) in [6.07, 6.45) is 0. The van der Waals surface area contributed by atoms with Crippen LogP contribution in [0.3, 0.4) is 0 Å². The van der Waals surface area contributed by atoms with Gasteiger partial charge in [-0.2, -0.15) is 0 Å². The number of likely N-dealkylation sites (N-methyl/N-ethyl adjacent to an activating group) is 1. The Morgan fingerprint density at radius 1 is 1.20 bits per heavy atom. The first kappa shape index (κ1) is 8.90. The molecule has 0 aliphatic heterocycles. The van der Waals surface area contributed by atoms with Crippen molar-refractivity contribution in [1.82, 2.24) is 4.90 Å². The second-order valence-electron chi connectivity index (χ2n) is 1.96. The van der Waals surface area contributed by atoms with Crippen molar-refractivity contribution in [3.05, 3.63) is 0 Å². The lowest BCUT2D eigenvalue weighted by Crippen LogP contribution is -2.30. The van der Waals surface area contributed by atoms with Crippen molar-refractivity contribution in [3.63, 3.8) is 0 Å². The lowest BCUT2D eigenvalue weighted by molar-refractivity contribution is -0.141. The van der Waals surface area contributed by atoms with E-state index in [1.165, 1.54) is 11.9 Å². The van der Waals surface area contributed by atoms with E-state index in [1.54, 1.807) is 0 Å². The van der Waals surface area contributed by atoms with E-state index in [9.17, 15) is 9.59 Å². The van der Waals surface area contributed by atoms with Crippen LogP contribution >= 0.6 is 0 Å². The Balaban J connectivity index is 3.53. The van der Waals surface area contributed by atoms with Crippen molar-refractivity contribution in [2.24, 2.45) is 0 Å². The van der Waals surface area contributed by atoms with Crippen molar-refractivity contribution in [1.29, 1.82) is 0 Å². The maximum Gasteiger partial charge on any atom is 0.317 e. The number of aliphatic carboxylic acids is 2. The van der Waals surface area contributed by atoms with Gasteiger partial charge >= 0.3 is 11.9 Å². The Morgan fingerprint density at radius 2 is 1.50 bits per heavy atom. The van der Waals surface area contributed by atoms with Gasteiger partial charge in [-0.1, -0.05) is 0 Å². The van der Waals surface area contributed by atoms with Crippen LogP contribution in [-0.4, -0.2) is 47.2 Å². The molecule has 0 aromatic heterocycles. The second kappa shape index (κ2) is 3.84. The van der Waals surface area contributed by atoms with Crippen molar-refractivity contribution < 1.29 is 19.8 Å².